The highest BCUT2D eigenvalue weighted by Crippen LogP contribution is 2.32. The SMILES string of the molecule is COc1cc(OCCCCCCCC(=O)N[C@H](C(=O)N2C[C@H](C)C[C@H]2C(=O)NCc2ccc(-c3scnc3C)cc2)C(C)(C)C)ccc1NC(=O)c1cccc(-c2ccn[nH]2)n1. The second kappa shape index (κ2) is 21.1. The first-order valence-electron chi connectivity index (χ1n) is 21.3. The minimum atomic E-state index is -0.762. The third-order valence-electron chi connectivity index (χ3n) is 10.9. The summed E-state index contributed by atoms with van der Waals surface area (Å²) in [6, 6.07) is 19.0. The van der Waals surface area contributed by atoms with Gasteiger partial charge in [0, 0.05) is 31.8 Å². The summed E-state index contributed by atoms with van der Waals surface area (Å²) in [5.74, 6) is 0.297. The lowest BCUT2D eigenvalue weighted by Crippen LogP contribution is -2.57. The Morgan fingerprint density at radius 3 is 2.47 bits per heavy atom. The lowest BCUT2D eigenvalue weighted by Gasteiger charge is -2.35. The molecule has 1 saturated heterocycles. The number of benzene rings is 2. The Bertz CT molecular complexity index is 2290. The molecule has 4 N–H and O–H groups in total. The third-order valence-corrected chi connectivity index (χ3v) is 11.9. The number of hydrogen-bond donors (Lipinski definition) is 4. The molecule has 0 bridgehead atoms. The van der Waals surface area contributed by atoms with Crippen LogP contribution in [0.4, 0.5) is 5.69 Å². The van der Waals surface area contributed by atoms with Gasteiger partial charge in [-0.1, -0.05) is 77.3 Å². The topological polar surface area (TPSA) is 181 Å². The predicted octanol–water partition coefficient (Wildman–Crippen LogP) is 7.97. The molecule has 62 heavy (non-hydrogen) atoms. The Kier molecular flexibility index (Phi) is 15.5. The van der Waals surface area contributed by atoms with E-state index >= 15 is 0 Å². The summed E-state index contributed by atoms with van der Waals surface area (Å²) >= 11 is 1.60. The summed E-state index contributed by atoms with van der Waals surface area (Å²) in [6.45, 7) is 11.2. The number of aromatic nitrogens is 4. The zero-order valence-electron chi connectivity index (χ0n) is 36.5. The van der Waals surface area contributed by atoms with E-state index in [2.05, 4.69) is 36.1 Å². The van der Waals surface area contributed by atoms with Crippen LogP contribution in [0.1, 0.15) is 94.4 Å². The second-order valence-corrected chi connectivity index (χ2v) is 17.8. The van der Waals surface area contributed by atoms with E-state index in [-0.39, 0.29) is 35.2 Å². The molecule has 0 saturated carbocycles. The van der Waals surface area contributed by atoms with Crippen LogP contribution in [-0.2, 0) is 20.9 Å². The van der Waals surface area contributed by atoms with Crippen molar-refractivity contribution in [2.75, 3.05) is 25.6 Å². The van der Waals surface area contributed by atoms with Crippen LogP contribution in [0.15, 0.2) is 78.4 Å². The number of unbranched alkanes of at least 4 members (excludes halogenated alkanes) is 4. The quantitative estimate of drug-likeness (QED) is 0.0599. The number of aryl methyl sites for hydroxylation is 1. The molecule has 0 radical (unpaired) electrons. The fraction of sp³-hybridized carbons (Fsp3) is 0.426. The molecule has 14 nitrogen and oxygen atoms in total. The van der Waals surface area contributed by atoms with Gasteiger partial charge in [-0.05, 0) is 79.0 Å². The Balaban J connectivity index is 0.899. The van der Waals surface area contributed by atoms with Crippen LogP contribution >= 0.6 is 11.3 Å². The van der Waals surface area contributed by atoms with Crippen LogP contribution in [0.2, 0.25) is 0 Å². The molecule has 6 rings (SSSR count). The first kappa shape index (κ1) is 45.4. The summed E-state index contributed by atoms with van der Waals surface area (Å²) in [7, 11) is 1.53. The number of nitrogens with zero attached hydrogens (tertiary/aromatic N) is 4. The van der Waals surface area contributed by atoms with E-state index in [9.17, 15) is 19.2 Å². The van der Waals surface area contributed by atoms with Gasteiger partial charge in [0.2, 0.25) is 17.7 Å². The molecule has 2 aromatic carbocycles. The number of hydrogen-bond acceptors (Lipinski definition) is 10. The first-order chi connectivity index (χ1) is 29.8. The van der Waals surface area contributed by atoms with E-state index in [4.69, 9.17) is 9.47 Å². The van der Waals surface area contributed by atoms with Crippen molar-refractivity contribution in [1.29, 1.82) is 0 Å². The zero-order valence-corrected chi connectivity index (χ0v) is 37.3. The van der Waals surface area contributed by atoms with E-state index in [1.165, 1.54) is 7.11 Å². The molecular formula is C47H58N8O6S. The molecule has 1 aliphatic rings. The molecule has 3 aromatic heterocycles. The van der Waals surface area contributed by atoms with Crippen LogP contribution < -0.4 is 25.4 Å². The molecule has 0 spiro atoms. The number of anilines is 1. The van der Waals surface area contributed by atoms with E-state index in [0.29, 0.717) is 67.5 Å². The van der Waals surface area contributed by atoms with Gasteiger partial charge in [0.15, 0.2) is 0 Å². The average Bonchev–Trinajstić information content (AvgIpc) is 4.05. The predicted molar refractivity (Wildman–Crippen MR) is 241 cm³/mol. The number of H-pyrrole nitrogens is 1. The number of pyridine rings is 1. The third kappa shape index (κ3) is 12.1. The van der Waals surface area contributed by atoms with Crippen LogP contribution in [0.3, 0.4) is 0 Å². The number of thiazole rings is 1. The van der Waals surface area contributed by atoms with Crippen molar-refractivity contribution in [3.8, 4) is 33.3 Å². The van der Waals surface area contributed by atoms with Crippen molar-refractivity contribution in [2.45, 2.75) is 98.2 Å². The number of likely N-dealkylation sites (tertiary alicyclic amines) is 1. The van der Waals surface area contributed by atoms with Crippen molar-refractivity contribution in [2.24, 2.45) is 11.3 Å². The molecule has 0 unspecified atom stereocenters. The first-order valence-corrected chi connectivity index (χ1v) is 22.1. The van der Waals surface area contributed by atoms with E-state index in [1.807, 2.05) is 64.4 Å². The number of carbonyl (C=O) groups excluding carboxylic acids is 4. The number of carbonyl (C=O) groups is 4. The summed E-state index contributed by atoms with van der Waals surface area (Å²) in [5.41, 5.74) is 6.41. The number of rotatable bonds is 19. The standard InChI is InChI=1S/C47H58N8O6S/c1-30-25-39(45(58)48-27-32-16-18-33(19-17-32)42-31(2)49-29-62-42)55(28-30)46(59)43(47(3,4)5)53-41(56)15-10-8-7-9-11-24-61-34-20-21-37(40(26-34)60-6)52-44(57)38-14-12-13-35(51-38)36-22-23-50-54-36/h12-14,16-23,26,29-30,39,43H,7-11,15,24-25,27-28H2,1-6H3,(H,48,58)(H,50,54)(H,52,57)(H,53,56)/t30-,39+,43-/m1/s1. The fourth-order valence-corrected chi connectivity index (χ4v) is 8.33. The lowest BCUT2D eigenvalue weighted by atomic mass is 9.85. The zero-order chi connectivity index (χ0) is 44.2. The maximum Gasteiger partial charge on any atom is 0.274 e. The Hall–Kier alpha value is -6.09. The number of amides is 4. The van der Waals surface area contributed by atoms with Gasteiger partial charge in [0.25, 0.3) is 5.91 Å². The Labute approximate surface area is 367 Å². The summed E-state index contributed by atoms with van der Waals surface area (Å²) < 4.78 is 11.5. The fourth-order valence-electron chi connectivity index (χ4n) is 7.51. The number of nitrogens with one attached hydrogen (secondary N) is 4. The highest BCUT2D eigenvalue weighted by molar-refractivity contribution is 7.13. The molecule has 0 aliphatic carbocycles. The molecule has 5 aromatic rings. The van der Waals surface area contributed by atoms with Gasteiger partial charge in [-0.15, -0.1) is 11.3 Å². The van der Waals surface area contributed by atoms with Crippen molar-refractivity contribution < 1.29 is 28.7 Å². The summed E-state index contributed by atoms with van der Waals surface area (Å²) in [5, 5.41) is 15.7. The molecule has 15 heteroatoms. The van der Waals surface area contributed by atoms with Gasteiger partial charge in [-0.2, -0.15) is 5.10 Å². The van der Waals surface area contributed by atoms with Crippen molar-refractivity contribution in [3.63, 3.8) is 0 Å². The highest BCUT2D eigenvalue weighted by atomic mass is 32.1. The number of methoxy groups -OCH3 is 1. The molecule has 4 amide bonds. The molecule has 1 aliphatic heterocycles. The molecule has 4 heterocycles. The monoisotopic (exact) mass is 862 g/mol. The Morgan fingerprint density at radius 2 is 1.76 bits per heavy atom. The summed E-state index contributed by atoms with van der Waals surface area (Å²) in [4.78, 5) is 65.4. The summed E-state index contributed by atoms with van der Waals surface area (Å²) in [6.07, 6.45) is 6.75. The average molecular weight is 863 g/mol. The second-order valence-electron chi connectivity index (χ2n) is 17.0. The maximum atomic E-state index is 14.1. The van der Waals surface area contributed by atoms with Gasteiger partial charge in [0.05, 0.1) is 46.9 Å². The molecule has 3 atom stereocenters. The molecule has 1 fully saturated rings. The van der Waals surface area contributed by atoms with Crippen molar-refractivity contribution >= 4 is 40.7 Å². The molecular weight excluding hydrogens is 805 g/mol. The number of ether oxygens (including phenoxy) is 2. The largest absolute Gasteiger partial charge is 0.494 e. The van der Waals surface area contributed by atoms with Crippen LogP contribution in [0.5, 0.6) is 11.5 Å². The minimum absolute atomic E-state index is 0.155. The van der Waals surface area contributed by atoms with Gasteiger partial charge in [-0.25, -0.2) is 9.97 Å². The Morgan fingerprint density at radius 1 is 0.984 bits per heavy atom. The van der Waals surface area contributed by atoms with Gasteiger partial charge < -0.3 is 30.3 Å². The van der Waals surface area contributed by atoms with Gasteiger partial charge in [0.1, 0.15) is 29.3 Å². The maximum absolute atomic E-state index is 14.1. The molecule has 328 valence electrons. The lowest BCUT2D eigenvalue weighted by molar-refractivity contribution is -0.144. The minimum Gasteiger partial charge on any atom is -0.494 e. The van der Waals surface area contributed by atoms with Crippen LogP contribution in [0, 0.1) is 18.3 Å². The smallest absolute Gasteiger partial charge is 0.274 e. The van der Waals surface area contributed by atoms with E-state index < -0.39 is 17.5 Å². The van der Waals surface area contributed by atoms with Crippen LogP contribution in [-0.4, -0.2) is 81.0 Å². The van der Waals surface area contributed by atoms with E-state index in [0.717, 1.165) is 47.4 Å². The number of aromatic amines is 1. The van der Waals surface area contributed by atoms with Crippen molar-refractivity contribution in [1.82, 2.24) is 35.7 Å². The highest BCUT2D eigenvalue weighted by Gasteiger charge is 2.43. The van der Waals surface area contributed by atoms with Gasteiger partial charge in [-0.3, -0.25) is 24.3 Å². The normalized spacial score (nSPS) is 15.5. The van der Waals surface area contributed by atoms with Crippen molar-refractivity contribution in [3.05, 3.63) is 95.4 Å². The van der Waals surface area contributed by atoms with E-state index in [1.54, 1.807) is 64.9 Å². The van der Waals surface area contributed by atoms with Crippen LogP contribution in [0.25, 0.3) is 21.8 Å². The van der Waals surface area contributed by atoms with Gasteiger partial charge >= 0.3 is 0 Å².